The molecule has 2 aromatic rings. The second kappa shape index (κ2) is 5.14. The van der Waals surface area contributed by atoms with Crippen molar-refractivity contribution in [2.24, 2.45) is 0 Å². The lowest BCUT2D eigenvalue weighted by atomic mass is 10.1. The first-order chi connectivity index (χ1) is 9.69. The number of nitro groups is 1. The van der Waals surface area contributed by atoms with E-state index in [0.29, 0.717) is 0 Å². The second-order valence-electron chi connectivity index (χ2n) is 4.23. The molecule has 21 heavy (non-hydrogen) atoms. The minimum atomic E-state index is -4.49. The van der Waals surface area contributed by atoms with Gasteiger partial charge >= 0.3 is 17.8 Å². The Morgan fingerprint density at radius 1 is 1.52 bits per heavy atom. The van der Waals surface area contributed by atoms with Crippen molar-refractivity contribution in [2.75, 3.05) is 0 Å². The van der Waals surface area contributed by atoms with Crippen LogP contribution in [-0.2, 0) is 6.42 Å². The zero-order valence-corrected chi connectivity index (χ0v) is 10.5. The van der Waals surface area contributed by atoms with Gasteiger partial charge in [0.15, 0.2) is 0 Å². The Labute approximate surface area is 114 Å². The van der Waals surface area contributed by atoms with Gasteiger partial charge in [-0.05, 0) is 6.92 Å². The van der Waals surface area contributed by atoms with Gasteiger partial charge in [0.05, 0.1) is 23.1 Å². The van der Waals surface area contributed by atoms with E-state index >= 15 is 0 Å². The number of halogens is 4. The number of aromatic nitrogens is 3. The number of nitrogens with zero attached hydrogens (tertiary/aromatic N) is 4. The SMILES string of the molecule is CC(c1conc1CC(F)(F)F)n1cc([N+](=O)[O-])c(F)n1. The molecular weight excluding hydrogens is 300 g/mol. The predicted octanol–water partition coefficient (Wildman–Crippen LogP) is 2.63. The molecule has 1 unspecified atom stereocenters. The highest BCUT2D eigenvalue weighted by Crippen LogP contribution is 2.28. The van der Waals surface area contributed by atoms with Crippen LogP contribution in [0.3, 0.4) is 0 Å². The Morgan fingerprint density at radius 2 is 2.19 bits per heavy atom. The van der Waals surface area contributed by atoms with Gasteiger partial charge in [0, 0.05) is 5.56 Å². The first-order valence-electron chi connectivity index (χ1n) is 5.58. The smallest absolute Gasteiger partial charge is 0.364 e. The van der Waals surface area contributed by atoms with E-state index in [-0.39, 0.29) is 11.3 Å². The molecule has 0 saturated carbocycles. The van der Waals surface area contributed by atoms with E-state index in [1.165, 1.54) is 6.92 Å². The second-order valence-corrected chi connectivity index (χ2v) is 4.23. The van der Waals surface area contributed by atoms with Crippen molar-refractivity contribution in [1.29, 1.82) is 0 Å². The highest BCUT2D eigenvalue weighted by Gasteiger charge is 2.33. The van der Waals surface area contributed by atoms with E-state index < -0.39 is 35.2 Å². The summed E-state index contributed by atoms with van der Waals surface area (Å²) in [6.45, 7) is 1.39. The molecule has 0 amide bonds. The third-order valence-corrected chi connectivity index (χ3v) is 2.76. The summed E-state index contributed by atoms with van der Waals surface area (Å²) in [5.41, 5.74) is -1.23. The van der Waals surface area contributed by atoms with E-state index in [0.717, 1.165) is 17.1 Å². The lowest BCUT2D eigenvalue weighted by Crippen LogP contribution is -2.16. The van der Waals surface area contributed by atoms with Crippen molar-refractivity contribution in [1.82, 2.24) is 14.9 Å². The van der Waals surface area contributed by atoms with Crippen LogP contribution in [0.25, 0.3) is 0 Å². The summed E-state index contributed by atoms with van der Waals surface area (Å²) in [6.07, 6.45) is -4.05. The molecule has 0 radical (unpaired) electrons. The van der Waals surface area contributed by atoms with Gasteiger partial charge < -0.3 is 4.52 Å². The van der Waals surface area contributed by atoms with E-state index in [2.05, 4.69) is 14.8 Å². The maximum absolute atomic E-state index is 13.2. The quantitative estimate of drug-likeness (QED) is 0.492. The number of hydrogen-bond acceptors (Lipinski definition) is 5. The van der Waals surface area contributed by atoms with E-state index in [4.69, 9.17) is 0 Å². The van der Waals surface area contributed by atoms with E-state index in [1.54, 1.807) is 0 Å². The summed E-state index contributed by atoms with van der Waals surface area (Å²) in [4.78, 5) is 9.55. The zero-order valence-electron chi connectivity index (χ0n) is 10.5. The number of alkyl halides is 3. The van der Waals surface area contributed by atoms with Gasteiger partial charge in [0.1, 0.15) is 12.5 Å². The van der Waals surface area contributed by atoms with Crippen LogP contribution >= 0.6 is 0 Å². The molecule has 0 bridgehead atoms. The van der Waals surface area contributed by atoms with Crippen LogP contribution in [0.15, 0.2) is 17.0 Å². The highest BCUT2D eigenvalue weighted by molar-refractivity contribution is 5.26. The molecule has 0 aromatic carbocycles. The predicted molar refractivity (Wildman–Crippen MR) is 58.9 cm³/mol. The van der Waals surface area contributed by atoms with Gasteiger partial charge in [0.2, 0.25) is 0 Å². The fourth-order valence-corrected chi connectivity index (χ4v) is 1.75. The molecule has 2 rings (SSSR count). The molecule has 0 aliphatic heterocycles. The van der Waals surface area contributed by atoms with Gasteiger partial charge in [-0.2, -0.15) is 17.6 Å². The third kappa shape index (κ3) is 3.17. The van der Waals surface area contributed by atoms with Crippen LogP contribution < -0.4 is 0 Å². The Balaban J connectivity index is 2.33. The zero-order chi connectivity index (χ0) is 15.8. The Morgan fingerprint density at radius 3 is 2.71 bits per heavy atom. The average molecular weight is 308 g/mol. The van der Waals surface area contributed by atoms with Gasteiger partial charge in [0.25, 0.3) is 0 Å². The molecule has 2 aromatic heterocycles. The molecule has 0 spiro atoms. The third-order valence-electron chi connectivity index (χ3n) is 2.76. The fraction of sp³-hybridized carbons (Fsp3) is 0.400. The maximum atomic E-state index is 13.2. The summed E-state index contributed by atoms with van der Waals surface area (Å²) in [6, 6.07) is -0.906. The van der Waals surface area contributed by atoms with E-state index in [1.807, 2.05) is 0 Å². The van der Waals surface area contributed by atoms with Crippen molar-refractivity contribution < 1.29 is 27.0 Å². The molecule has 1 atom stereocenters. The van der Waals surface area contributed by atoms with Gasteiger partial charge in [-0.1, -0.05) is 5.16 Å². The molecule has 0 saturated heterocycles. The van der Waals surface area contributed by atoms with Crippen LogP contribution in [-0.4, -0.2) is 26.0 Å². The number of rotatable bonds is 4. The minimum Gasteiger partial charge on any atom is -0.364 e. The van der Waals surface area contributed by atoms with Crippen molar-refractivity contribution >= 4 is 5.69 Å². The molecule has 114 valence electrons. The average Bonchev–Trinajstić information content (AvgIpc) is 2.92. The Kier molecular flexibility index (Phi) is 3.66. The molecule has 0 aliphatic carbocycles. The van der Waals surface area contributed by atoms with Crippen molar-refractivity contribution in [3.05, 3.63) is 39.8 Å². The maximum Gasteiger partial charge on any atom is 0.394 e. The topological polar surface area (TPSA) is 87.0 Å². The minimum absolute atomic E-state index is 0.0183. The summed E-state index contributed by atoms with van der Waals surface area (Å²) in [5, 5.41) is 17.1. The van der Waals surface area contributed by atoms with Crippen molar-refractivity contribution in [3.8, 4) is 0 Å². The normalized spacial score (nSPS) is 13.4. The molecule has 11 heteroatoms. The summed E-state index contributed by atoms with van der Waals surface area (Å²) in [5.74, 6) is -1.32. The monoisotopic (exact) mass is 308 g/mol. The van der Waals surface area contributed by atoms with Crippen molar-refractivity contribution in [2.45, 2.75) is 25.6 Å². The molecule has 0 aliphatic rings. The van der Waals surface area contributed by atoms with Gasteiger partial charge in [-0.15, -0.1) is 5.10 Å². The van der Waals surface area contributed by atoms with Gasteiger partial charge in [-0.3, -0.25) is 14.8 Å². The van der Waals surface area contributed by atoms with Crippen LogP contribution in [0.4, 0.5) is 23.2 Å². The van der Waals surface area contributed by atoms with Crippen LogP contribution in [0.1, 0.15) is 24.2 Å². The van der Waals surface area contributed by atoms with Crippen LogP contribution in [0, 0.1) is 16.1 Å². The largest absolute Gasteiger partial charge is 0.394 e. The Bertz CT molecular complexity index is 664. The van der Waals surface area contributed by atoms with Gasteiger partial charge in [-0.25, -0.2) is 0 Å². The van der Waals surface area contributed by atoms with E-state index in [9.17, 15) is 27.7 Å². The molecular formula is C10H8F4N4O3. The van der Waals surface area contributed by atoms with Crippen molar-refractivity contribution in [3.63, 3.8) is 0 Å². The lowest BCUT2D eigenvalue weighted by Gasteiger charge is -2.11. The van der Waals surface area contributed by atoms with Crippen LogP contribution in [0.2, 0.25) is 0 Å². The molecule has 0 fully saturated rings. The first-order valence-corrected chi connectivity index (χ1v) is 5.58. The molecule has 2 heterocycles. The first kappa shape index (κ1) is 14.9. The molecule has 0 N–H and O–H groups in total. The molecule has 7 nitrogen and oxygen atoms in total. The highest BCUT2D eigenvalue weighted by atomic mass is 19.4. The standard InChI is InChI=1S/C10H8F4N4O3/c1-5(17-3-8(18(19)20)9(11)15-17)6-4-21-16-7(6)2-10(12,13)14/h3-5H,2H2,1H3. The summed E-state index contributed by atoms with van der Waals surface area (Å²) < 4.78 is 55.7. The lowest BCUT2D eigenvalue weighted by molar-refractivity contribution is -0.387. The number of hydrogen-bond donors (Lipinski definition) is 0. The summed E-state index contributed by atoms with van der Waals surface area (Å²) in [7, 11) is 0. The van der Waals surface area contributed by atoms with Crippen LogP contribution in [0.5, 0.6) is 0 Å². The summed E-state index contributed by atoms with van der Waals surface area (Å²) >= 11 is 0. The Hall–Kier alpha value is -2.46. The fourth-order valence-electron chi connectivity index (χ4n) is 1.75.